The topological polar surface area (TPSA) is 88.9 Å². The third-order valence-corrected chi connectivity index (χ3v) is 6.60. The molecule has 0 aliphatic heterocycles. The van der Waals surface area contributed by atoms with Crippen molar-refractivity contribution in [2.24, 2.45) is 5.92 Å². The van der Waals surface area contributed by atoms with Gasteiger partial charge in [-0.2, -0.15) is 13.2 Å². The minimum Gasteiger partial charge on any atom is -0.342 e. The van der Waals surface area contributed by atoms with Crippen molar-refractivity contribution in [2.45, 2.75) is 44.2 Å². The van der Waals surface area contributed by atoms with Crippen LogP contribution in [0.1, 0.15) is 48.1 Å². The first-order valence-electron chi connectivity index (χ1n) is 11.7. The number of alkyl halides is 3. The number of allylic oxidation sites excluding steroid dienone is 1. The van der Waals surface area contributed by atoms with E-state index in [9.17, 15) is 22.8 Å². The highest BCUT2D eigenvalue weighted by molar-refractivity contribution is 7.99. The van der Waals surface area contributed by atoms with Gasteiger partial charge in [-0.3, -0.25) is 9.59 Å². The first-order chi connectivity index (χ1) is 18.0. The van der Waals surface area contributed by atoms with Crippen LogP contribution in [-0.4, -0.2) is 32.3 Å². The van der Waals surface area contributed by atoms with Gasteiger partial charge in [-0.15, -0.1) is 16.8 Å². The number of amides is 2. The molecule has 3 rings (SSSR count). The van der Waals surface area contributed by atoms with Gasteiger partial charge >= 0.3 is 6.18 Å². The van der Waals surface area contributed by atoms with Crippen LogP contribution in [0.25, 0.3) is 0 Å². The lowest BCUT2D eigenvalue weighted by molar-refractivity contribution is -0.137. The van der Waals surface area contributed by atoms with E-state index in [0.717, 1.165) is 23.9 Å². The Bertz CT molecular complexity index is 1300. The number of thioether (sulfide) groups is 1. The van der Waals surface area contributed by atoms with Crippen molar-refractivity contribution in [1.29, 1.82) is 0 Å². The standard InChI is InChI=1S/C26H27ClF3N5O2S/c1-4-12-35-23(21(13-16(2)3)32-24(37)19-10-5-6-11-20(19)27)33-34-25(35)38-15-22(36)31-18-9-7-8-17(14-18)26(28,29)30/h4-11,14,16,21H,1,12-13,15H2,2-3H3,(H,31,36)(H,32,37)/t21-/m0/s1. The van der Waals surface area contributed by atoms with Gasteiger partial charge in [0.2, 0.25) is 5.91 Å². The fourth-order valence-corrected chi connectivity index (χ4v) is 4.62. The third-order valence-electron chi connectivity index (χ3n) is 5.31. The molecule has 0 saturated heterocycles. The first kappa shape index (κ1) is 29.2. The maximum Gasteiger partial charge on any atom is 0.416 e. The molecule has 1 heterocycles. The van der Waals surface area contributed by atoms with Crippen LogP contribution in [0.4, 0.5) is 18.9 Å². The normalized spacial score (nSPS) is 12.3. The molecule has 0 saturated carbocycles. The van der Waals surface area contributed by atoms with E-state index in [1.165, 1.54) is 12.1 Å². The van der Waals surface area contributed by atoms with Gasteiger partial charge in [0.05, 0.1) is 27.9 Å². The van der Waals surface area contributed by atoms with E-state index in [0.29, 0.717) is 34.5 Å². The Balaban J connectivity index is 1.76. The lowest BCUT2D eigenvalue weighted by Gasteiger charge is -2.21. The summed E-state index contributed by atoms with van der Waals surface area (Å²) in [5, 5.41) is 14.7. The fourth-order valence-electron chi connectivity index (χ4n) is 3.65. The molecule has 0 fully saturated rings. The Morgan fingerprint density at radius 1 is 1.16 bits per heavy atom. The van der Waals surface area contributed by atoms with Crippen LogP contribution in [0, 0.1) is 5.92 Å². The summed E-state index contributed by atoms with van der Waals surface area (Å²) >= 11 is 7.27. The zero-order valence-electron chi connectivity index (χ0n) is 20.8. The van der Waals surface area contributed by atoms with Crippen LogP contribution in [0.3, 0.4) is 0 Å². The summed E-state index contributed by atoms with van der Waals surface area (Å²) in [7, 11) is 0. The zero-order chi connectivity index (χ0) is 27.9. The quantitative estimate of drug-likeness (QED) is 0.208. The SMILES string of the molecule is C=CCn1c(SCC(=O)Nc2cccc(C(F)(F)F)c2)nnc1[C@H](CC(C)C)NC(=O)c1ccccc1Cl. The minimum absolute atomic E-state index is 0.0398. The van der Waals surface area contributed by atoms with Gasteiger partial charge in [0, 0.05) is 12.2 Å². The van der Waals surface area contributed by atoms with Crippen LogP contribution in [0.15, 0.2) is 66.3 Å². The fraction of sp³-hybridized carbons (Fsp3) is 0.308. The number of rotatable bonds is 11. The highest BCUT2D eigenvalue weighted by Crippen LogP contribution is 2.31. The highest BCUT2D eigenvalue weighted by Gasteiger charge is 2.30. The number of anilines is 1. The zero-order valence-corrected chi connectivity index (χ0v) is 22.3. The monoisotopic (exact) mass is 565 g/mol. The molecule has 7 nitrogen and oxygen atoms in total. The van der Waals surface area contributed by atoms with Crippen LogP contribution in [0.5, 0.6) is 0 Å². The van der Waals surface area contributed by atoms with Gasteiger partial charge < -0.3 is 15.2 Å². The Hall–Kier alpha value is -3.31. The maximum atomic E-state index is 13.0. The Kier molecular flexibility index (Phi) is 9.98. The third kappa shape index (κ3) is 7.84. The first-order valence-corrected chi connectivity index (χ1v) is 13.0. The van der Waals surface area contributed by atoms with Gasteiger partial charge in [-0.1, -0.05) is 61.5 Å². The summed E-state index contributed by atoms with van der Waals surface area (Å²) in [6.07, 6.45) is -2.31. The summed E-state index contributed by atoms with van der Waals surface area (Å²) in [4.78, 5) is 25.5. The Morgan fingerprint density at radius 3 is 2.55 bits per heavy atom. The van der Waals surface area contributed by atoms with Gasteiger partial charge in [0.15, 0.2) is 11.0 Å². The Labute approximate surface area is 227 Å². The van der Waals surface area contributed by atoms with Crippen molar-refractivity contribution in [1.82, 2.24) is 20.1 Å². The largest absolute Gasteiger partial charge is 0.416 e. The number of hydrogen-bond donors (Lipinski definition) is 2. The number of aromatic nitrogens is 3. The molecule has 38 heavy (non-hydrogen) atoms. The maximum absolute atomic E-state index is 13.0. The molecular formula is C26H27ClF3N5O2S. The van der Waals surface area contributed by atoms with Crippen LogP contribution in [-0.2, 0) is 17.5 Å². The number of hydrogen-bond acceptors (Lipinski definition) is 5. The second kappa shape index (κ2) is 13.0. The molecule has 1 atom stereocenters. The number of halogens is 4. The Morgan fingerprint density at radius 2 is 1.89 bits per heavy atom. The number of carbonyl (C=O) groups excluding carboxylic acids is 2. The molecule has 0 unspecified atom stereocenters. The number of nitrogens with zero attached hydrogens (tertiary/aromatic N) is 3. The lowest BCUT2D eigenvalue weighted by Crippen LogP contribution is -2.32. The predicted octanol–water partition coefficient (Wildman–Crippen LogP) is 6.38. The second-order valence-electron chi connectivity index (χ2n) is 8.79. The molecule has 0 bridgehead atoms. The molecule has 0 aliphatic carbocycles. The molecule has 2 N–H and O–H groups in total. The van der Waals surface area contributed by atoms with Crippen molar-refractivity contribution >= 4 is 40.9 Å². The van der Waals surface area contributed by atoms with E-state index in [1.807, 2.05) is 13.8 Å². The van der Waals surface area contributed by atoms with E-state index in [1.54, 1.807) is 34.9 Å². The number of carbonyl (C=O) groups is 2. The van der Waals surface area contributed by atoms with Gasteiger partial charge in [0.1, 0.15) is 0 Å². The van der Waals surface area contributed by atoms with Gasteiger partial charge in [-0.25, -0.2) is 0 Å². The smallest absolute Gasteiger partial charge is 0.342 e. The predicted molar refractivity (Wildman–Crippen MR) is 142 cm³/mol. The van der Waals surface area contributed by atoms with E-state index in [4.69, 9.17) is 11.6 Å². The summed E-state index contributed by atoms with van der Waals surface area (Å²) in [6, 6.07) is 10.6. The number of nitrogens with one attached hydrogen (secondary N) is 2. The lowest BCUT2D eigenvalue weighted by atomic mass is 10.0. The van der Waals surface area contributed by atoms with Crippen LogP contribution >= 0.6 is 23.4 Å². The summed E-state index contributed by atoms with van der Waals surface area (Å²) in [6.45, 7) is 8.11. The molecule has 1 aromatic heterocycles. The molecule has 3 aromatic rings. The molecule has 2 amide bonds. The van der Waals surface area contributed by atoms with Gasteiger partial charge in [-0.05, 0) is 42.7 Å². The number of benzene rings is 2. The molecule has 202 valence electrons. The average molecular weight is 566 g/mol. The van der Waals surface area contributed by atoms with E-state index in [-0.39, 0.29) is 23.3 Å². The molecule has 2 aromatic carbocycles. The highest BCUT2D eigenvalue weighted by atomic mass is 35.5. The minimum atomic E-state index is -4.51. The van der Waals surface area contributed by atoms with Crippen molar-refractivity contribution < 1.29 is 22.8 Å². The molecule has 0 spiro atoms. The molecule has 12 heteroatoms. The van der Waals surface area contributed by atoms with E-state index < -0.39 is 23.7 Å². The van der Waals surface area contributed by atoms with Crippen LogP contribution < -0.4 is 10.6 Å². The summed E-state index contributed by atoms with van der Waals surface area (Å²) < 4.78 is 40.6. The second-order valence-corrected chi connectivity index (χ2v) is 10.1. The van der Waals surface area contributed by atoms with Crippen molar-refractivity contribution in [3.05, 3.63) is 83.2 Å². The average Bonchev–Trinajstić information content (AvgIpc) is 3.24. The van der Waals surface area contributed by atoms with E-state index >= 15 is 0 Å². The van der Waals surface area contributed by atoms with Crippen molar-refractivity contribution in [3.8, 4) is 0 Å². The van der Waals surface area contributed by atoms with E-state index in [2.05, 4.69) is 27.4 Å². The van der Waals surface area contributed by atoms with Crippen LogP contribution in [0.2, 0.25) is 5.02 Å². The molecule has 0 radical (unpaired) electrons. The van der Waals surface area contributed by atoms with Crippen molar-refractivity contribution in [2.75, 3.05) is 11.1 Å². The van der Waals surface area contributed by atoms with Gasteiger partial charge in [0.25, 0.3) is 5.91 Å². The van der Waals surface area contributed by atoms with Crippen molar-refractivity contribution in [3.63, 3.8) is 0 Å². The molecule has 0 aliphatic rings. The summed E-state index contributed by atoms with van der Waals surface area (Å²) in [5.41, 5.74) is -0.482. The summed E-state index contributed by atoms with van der Waals surface area (Å²) in [5.74, 6) is -0.291. The molecular weight excluding hydrogens is 539 g/mol.